The molecule has 3 rings (SSSR count). The van der Waals surface area contributed by atoms with Gasteiger partial charge in [-0.3, -0.25) is 9.59 Å². The summed E-state index contributed by atoms with van der Waals surface area (Å²) in [5, 5.41) is 0.410. The number of hydrogen-bond donors (Lipinski definition) is 1. The summed E-state index contributed by atoms with van der Waals surface area (Å²) in [6, 6.07) is 4.74. The van der Waals surface area contributed by atoms with E-state index >= 15 is 0 Å². The van der Waals surface area contributed by atoms with Gasteiger partial charge in [-0.1, -0.05) is 6.07 Å². The molecule has 1 saturated heterocycles. The number of methoxy groups -OCH3 is 1. The maximum atomic E-state index is 14.2. The van der Waals surface area contributed by atoms with Crippen molar-refractivity contribution in [3.63, 3.8) is 0 Å². The molecular formula is C16H17FN2O4S. The van der Waals surface area contributed by atoms with Crippen molar-refractivity contribution in [2.24, 2.45) is 5.73 Å². The summed E-state index contributed by atoms with van der Waals surface area (Å²) < 4.78 is 25.3. The molecule has 1 aromatic heterocycles. The highest BCUT2D eigenvalue weighted by Crippen LogP contribution is 2.34. The van der Waals surface area contributed by atoms with Crippen molar-refractivity contribution >= 4 is 33.2 Å². The lowest BCUT2D eigenvalue weighted by Gasteiger charge is -2.31. The Labute approximate surface area is 141 Å². The van der Waals surface area contributed by atoms with E-state index in [4.69, 9.17) is 15.2 Å². The molecule has 1 aliphatic rings. The second-order valence-corrected chi connectivity index (χ2v) is 6.52. The second kappa shape index (κ2) is 6.84. The Morgan fingerprint density at radius 3 is 3.00 bits per heavy atom. The van der Waals surface area contributed by atoms with Gasteiger partial charge in [0, 0.05) is 29.3 Å². The third kappa shape index (κ3) is 3.00. The van der Waals surface area contributed by atoms with E-state index in [1.54, 1.807) is 12.1 Å². The lowest BCUT2D eigenvalue weighted by atomic mass is 10.1. The standard InChI is InChI=1S/C16H17FN2O4S/c1-22-8-9-13-10(17)3-2-4-12(13)24-14(9)16(21)19-5-6-23-11(7-19)15(18)20/h2-4,11H,5-8H2,1H3,(H2,18,20)/t11-/m1/s1. The third-order valence-corrected chi connectivity index (χ3v) is 5.10. The van der Waals surface area contributed by atoms with E-state index in [1.165, 1.54) is 29.4 Å². The number of hydrogen-bond acceptors (Lipinski definition) is 5. The first-order chi connectivity index (χ1) is 11.5. The molecular weight excluding hydrogens is 335 g/mol. The Kier molecular flexibility index (Phi) is 4.79. The number of halogens is 1. The number of fused-ring (bicyclic) bond motifs is 1. The minimum atomic E-state index is -0.820. The van der Waals surface area contributed by atoms with Crippen molar-refractivity contribution in [2.75, 3.05) is 26.8 Å². The molecule has 128 valence electrons. The lowest BCUT2D eigenvalue weighted by Crippen LogP contribution is -2.50. The van der Waals surface area contributed by atoms with Gasteiger partial charge in [0.25, 0.3) is 5.91 Å². The SMILES string of the molecule is COCc1c(C(=O)N2CCO[C@@H](C(N)=O)C2)sc2cccc(F)c12. The molecule has 24 heavy (non-hydrogen) atoms. The molecule has 0 saturated carbocycles. The number of carbonyl (C=O) groups is 2. The zero-order chi connectivity index (χ0) is 17.3. The number of amides is 2. The molecule has 0 unspecified atom stereocenters. The molecule has 1 aromatic carbocycles. The molecule has 2 N–H and O–H groups in total. The zero-order valence-corrected chi connectivity index (χ0v) is 13.9. The Morgan fingerprint density at radius 2 is 2.29 bits per heavy atom. The summed E-state index contributed by atoms with van der Waals surface area (Å²) >= 11 is 1.22. The smallest absolute Gasteiger partial charge is 0.264 e. The highest BCUT2D eigenvalue weighted by atomic mass is 32.1. The van der Waals surface area contributed by atoms with E-state index in [-0.39, 0.29) is 31.5 Å². The Hall–Kier alpha value is -2.03. The quantitative estimate of drug-likeness (QED) is 0.904. The minimum absolute atomic E-state index is 0.0946. The highest BCUT2D eigenvalue weighted by molar-refractivity contribution is 7.21. The van der Waals surface area contributed by atoms with Crippen LogP contribution in [0.4, 0.5) is 4.39 Å². The average molecular weight is 352 g/mol. The predicted molar refractivity (Wildman–Crippen MR) is 87.3 cm³/mol. The summed E-state index contributed by atoms with van der Waals surface area (Å²) in [6.45, 7) is 0.812. The van der Waals surface area contributed by atoms with Crippen molar-refractivity contribution in [3.8, 4) is 0 Å². The van der Waals surface area contributed by atoms with Crippen LogP contribution in [-0.2, 0) is 20.9 Å². The van der Waals surface area contributed by atoms with E-state index in [1.807, 2.05) is 0 Å². The van der Waals surface area contributed by atoms with Crippen LogP contribution in [0.5, 0.6) is 0 Å². The summed E-state index contributed by atoms with van der Waals surface area (Å²) in [5.74, 6) is -1.25. The summed E-state index contributed by atoms with van der Waals surface area (Å²) in [5.41, 5.74) is 5.79. The highest BCUT2D eigenvalue weighted by Gasteiger charge is 2.31. The van der Waals surface area contributed by atoms with Gasteiger partial charge >= 0.3 is 0 Å². The number of nitrogens with two attached hydrogens (primary N) is 1. The first-order valence-corrected chi connectivity index (χ1v) is 8.23. The maximum Gasteiger partial charge on any atom is 0.264 e. The third-order valence-electron chi connectivity index (χ3n) is 3.92. The van der Waals surface area contributed by atoms with Crippen LogP contribution in [0.25, 0.3) is 10.1 Å². The van der Waals surface area contributed by atoms with E-state index in [0.29, 0.717) is 27.1 Å². The fourth-order valence-corrected chi connectivity index (χ4v) is 3.96. The molecule has 2 aromatic rings. The first-order valence-electron chi connectivity index (χ1n) is 7.42. The van der Waals surface area contributed by atoms with Crippen LogP contribution in [0, 0.1) is 5.82 Å². The van der Waals surface area contributed by atoms with Crippen LogP contribution < -0.4 is 5.73 Å². The molecule has 6 nitrogen and oxygen atoms in total. The monoisotopic (exact) mass is 352 g/mol. The van der Waals surface area contributed by atoms with Crippen LogP contribution in [0.2, 0.25) is 0 Å². The van der Waals surface area contributed by atoms with Crippen molar-refractivity contribution in [1.82, 2.24) is 4.90 Å². The van der Waals surface area contributed by atoms with Crippen molar-refractivity contribution < 1.29 is 23.5 Å². The molecule has 1 fully saturated rings. The number of carbonyl (C=O) groups excluding carboxylic acids is 2. The Balaban J connectivity index is 1.99. The van der Waals surface area contributed by atoms with Crippen LogP contribution in [-0.4, -0.2) is 49.6 Å². The largest absolute Gasteiger partial charge is 0.380 e. The predicted octanol–water partition coefficient (Wildman–Crippen LogP) is 1.51. The molecule has 0 spiro atoms. The van der Waals surface area contributed by atoms with Gasteiger partial charge in [0.1, 0.15) is 5.82 Å². The maximum absolute atomic E-state index is 14.2. The van der Waals surface area contributed by atoms with Crippen LogP contribution in [0.15, 0.2) is 18.2 Å². The number of morpholine rings is 1. The summed E-state index contributed by atoms with van der Waals surface area (Å²) in [7, 11) is 1.50. The zero-order valence-electron chi connectivity index (χ0n) is 13.1. The molecule has 0 aliphatic carbocycles. The number of thiophene rings is 1. The normalized spacial score (nSPS) is 18.1. The number of nitrogens with zero attached hydrogens (tertiary/aromatic N) is 1. The molecule has 8 heteroatoms. The van der Waals surface area contributed by atoms with Crippen molar-refractivity contribution in [3.05, 3.63) is 34.5 Å². The van der Waals surface area contributed by atoms with E-state index in [9.17, 15) is 14.0 Å². The van der Waals surface area contributed by atoms with Crippen molar-refractivity contribution in [1.29, 1.82) is 0 Å². The molecule has 2 amide bonds. The van der Waals surface area contributed by atoms with Crippen LogP contribution >= 0.6 is 11.3 Å². The molecule has 1 atom stereocenters. The van der Waals surface area contributed by atoms with Gasteiger partial charge in [0.2, 0.25) is 5.91 Å². The number of benzene rings is 1. The molecule has 0 bridgehead atoms. The topological polar surface area (TPSA) is 81.9 Å². The molecule has 0 radical (unpaired) electrons. The fourth-order valence-electron chi connectivity index (χ4n) is 2.77. The van der Waals surface area contributed by atoms with E-state index in [0.717, 1.165) is 0 Å². The number of primary amides is 1. The fraction of sp³-hybridized carbons (Fsp3) is 0.375. The first kappa shape index (κ1) is 16.8. The lowest BCUT2D eigenvalue weighted by molar-refractivity contribution is -0.133. The van der Waals surface area contributed by atoms with Gasteiger partial charge in [0.15, 0.2) is 6.10 Å². The van der Waals surface area contributed by atoms with Gasteiger partial charge < -0.3 is 20.1 Å². The second-order valence-electron chi connectivity index (χ2n) is 5.47. The summed E-state index contributed by atoms with van der Waals surface area (Å²) in [6.07, 6.45) is -0.820. The number of rotatable bonds is 4. The van der Waals surface area contributed by atoms with Gasteiger partial charge in [-0.25, -0.2) is 4.39 Å². The average Bonchev–Trinajstić information content (AvgIpc) is 2.94. The Bertz CT molecular complexity index is 792. The van der Waals surface area contributed by atoms with Gasteiger partial charge in [-0.15, -0.1) is 11.3 Å². The summed E-state index contributed by atoms with van der Waals surface area (Å²) in [4.78, 5) is 26.1. The van der Waals surface area contributed by atoms with Crippen molar-refractivity contribution in [2.45, 2.75) is 12.7 Å². The van der Waals surface area contributed by atoms with Gasteiger partial charge in [-0.05, 0) is 12.1 Å². The minimum Gasteiger partial charge on any atom is -0.380 e. The van der Waals surface area contributed by atoms with Crippen LogP contribution in [0.1, 0.15) is 15.2 Å². The molecule has 2 heterocycles. The van der Waals surface area contributed by atoms with Crippen LogP contribution in [0.3, 0.4) is 0 Å². The van der Waals surface area contributed by atoms with Gasteiger partial charge in [0.05, 0.1) is 24.6 Å². The van der Waals surface area contributed by atoms with E-state index < -0.39 is 12.0 Å². The Morgan fingerprint density at radius 1 is 1.50 bits per heavy atom. The number of ether oxygens (including phenoxy) is 2. The van der Waals surface area contributed by atoms with E-state index in [2.05, 4.69) is 0 Å². The van der Waals surface area contributed by atoms with Gasteiger partial charge in [-0.2, -0.15) is 0 Å². The molecule has 1 aliphatic heterocycles.